The molecule has 0 spiro atoms. The largest absolute Gasteiger partial charge is 0.365 e. The number of rotatable bonds is 5. The van der Waals surface area contributed by atoms with E-state index in [0.717, 1.165) is 11.3 Å². The molecule has 0 radical (unpaired) electrons. The van der Waals surface area contributed by atoms with Crippen LogP contribution in [-0.2, 0) is 4.79 Å². The Balaban J connectivity index is 1.29. The van der Waals surface area contributed by atoms with Gasteiger partial charge in [-0.1, -0.05) is 23.2 Å². The van der Waals surface area contributed by atoms with Crippen LogP contribution in [0.25, 0.3) is 16.9 Å². The predicted octanol–water partition coefficient (Wildman–Crippen LogP) is 4.00. The molecular weight excluding hydrogens is 480 g/mol. The molecule has 34 heavy (non-hydrogen) atoms. The summed E-state index contributed by atoms with van der Waals surface area (Å²) in [6, 6.07) is 6.08. The van der Waals surface area contributed by atoms with Crippen molar-refractivity contribution < 1.29 is 9.18 Å². The number of nitrogens with zero attached hydrogens (tertiary/aromatic N) is 6. The highest BCUT2D eigenvalue weighted by atomic mass is 35.5. The highest BCUT2D eigenvalue weighted by molar-refractivity contribution is 6.38. The Kier molecular flexibility index (Phi) is 6.21. The van der Waals surface area contributed by atoms with E-state index < -0.39 is 0 Å². The molecule has 1 fully saturated rings. The van der Waals surface area contributed by atoms with Crippen molar-refractivity contribution in [1.82, 2.24) is 24.3 Å². The summed E-state index contributed by atoms with van der Waals surface area (Å²) in [7, 11) is 0. The van der Waals surface area contributed by atoms with E-state index in [-0.39, 0.29) is 18.3 Å². The molecule has 1 amide bonds. The molecule has 1 aliphatic heterocycles. The third-order valence-corrected chi connectivity index (χ3v) is 6.28. The van der Waals surface area contributed by atoms with E-state index in [1.807, 2.05) is 4.40 Å². The Morgan fingerprint density at radius 2 is 1.71 bits per heavy atom. The number of nitrogens with one attached hydrogen (secondary N) is 1. The number of hydrogen-bond acceptors (Lipinski definition) is 6. The third kappa shape index (κ3) is 4.36. The van der Waals surface area contributed by atoms with Crippen LogP contribution >= 0.6 is 23.2 Å². The summed E-state index contributed by atoms with van der Waals surface area (Å²) in [4.78, 5) is 29.6. The highest BCUT2D eigenvalue weighted by Crippen LogP contribution is 2.33. The molecule has 4 heterocycles. The smallest absolute Gasteiger partial charge is 0.242 e. The van der Waals surface area contributed by atoms with Gasteiger partial charge in [0.25, 0.3) is 0 Å². The van der Waals surface area contributed by atoms with Gasteiger partial charge in [-0.2, -0.15) is 0 Å². The van der Waals surface area contributed by atoms with Crippen LogP contribution in [0.15, 0.2) is 55.2 Å². The van der Waals surface area contributed by atoms with Gasteiger partial charge in [-0.15, -0.1) is 0 Å². The molecule has 11 heteroatoms. The molecule has 1 aromatic carbocycles. The molecule has 174 valence electrons. The number of halogens is 3. The Labute approximate surface area is 205 Å². The number of hydrogen-bond donors (Lipinski definition) is 1. The summed E-state index contributed by atoms with van der Waals surface area (Å²) in [5.41, 5.74) is 2.72. The number of amides is 1. The fourth-order valence-electron chi connectivity index (χ4n) is 4.04. The normalized spacial score (nSPS) is 14.0. The quantitative estimate of drug-likeness (QED) is 0.447. The lowest BCUT2D eigenvalue weighted by Crippen LogP contribution is -2.50. The lowest BCUT2D eigenvalue weighted by atomic mass is 10.1. The van der Waals surface area contributed by atoms with Crippen LogP contribution in [0, 0.1) is 5.82 Å². The maximum Gasteiger partial charge on any atom is 0.242 e. The number of anilines is 2. The van der Waals surface area contributed by atoms with Crippen LogP contribution in [0.3, 0.4) is 0 Å². The summed E-state index contributed by atoms with van der Waals surface area (Å²) in [6.07, 6.45) is 8.17. The van der Waals surface area contributed by atoms with E-state index in [9.17, 15) is 9.18 Å². The average Bonchev–Trinajstić information content (AvgIpc) is 3.22. The van der Waals surface area contributed by atoms with Crippen LogP contribution < -0.4 is 10.2 Å². The molecule has 1 N–H and O–H groups in total. The fraction of sp³-hybridized carbons (Fsp3) is 0.217. The van der Waals surface area contributed by atoms with E-state index in [0.29, 0.717) is 53.4 Å². The van der Waals surface area contributed by atoms with Crippen molar-refractivity contribution in [2.24, 2.45) is 0 Å². The number of aromatic nitrogens is 4. The molecule has 0 bridgehead atoms. The van der Waals surface area contributed by atoms with Gasteiger partial charge in [0.05, 0.1) is 28.5 Å². The summed E-state index contributed by atoms with van der Waals surface area (Å²) < 4.78 is 15.2. The fourth-order valence-corrected chi connectivity index (χ4v) is 4.65. The number of carbonyl (C=O) groups excluding carboxylic acids is 1. The van der Waals surface area contributed by atoms with E-state index in [1.54, 1.807) is 48.0 Å². The van der Waals surface area contributed by atoms with Crippen molar-refractivity contribution in [3.63, 3.8) is 0 Å². The first-order valence-electron chi connectivity index (χ1n) is 10.6. The van der Waals surface area contributed by atoms with Crippen LogP contribution in [0.2, 0.25) is 10.0 Å². The maximum absolute atomic E-state index is 13.4. The lowest BCUT2D eigenvalue weighted by molar-refractivity contribution is -0.129. The molecule has 5 rings (SSSR count). The minimum Gasteiger partial charge on any atom is -0.365 e. The van der Waals surface area contributed by atoms with Crippen LogP contribution in [0.4, 0.5) is 15.9 Å². The summed E-state index contributed by atoms with van der Waals surface area (Å²) in [5, 5.41) is 4.21. The first-order valence-corrected chi connectivity index (χ1v) is 11.4. The van der Waals surface area contributed by atoms with Crippen molar-refractivity contribution in [1.29, 1.82) is 0 Å². The number of benzene rings is 1. The Bertz CT molecular complexity index is 1320. The second-order valence-electron chi connectivity index (χ2n) is 7.79. The molecule has 3 aromatic heterocycles. The van der Waals surface area contributed by atoms with E-state index >= 15 is 0 Å². The molecule has 0 aliphatic carbocycles. The SMILES string of the molecule is O=C(CNc1c(-c2ccc(F)cc2)nc2cnccn12)N1CCN(c2c(Cl)cncc2Cl)CC1. The van der Waals surface area contributed by atoms with Crippen molar-refractivity contribution >= 4 is 46.3 Å². The predicted molar refractivity (Wildman–Crippen MR) is 130 cm³/mol. The van der Waals surface area contributed by atoms with Crippen LogP contribution in [-0.4, -0.2) is 62.9 Å². The number of carbonyl (C=O) groups is 1. The topological polar surface area (TPSA) is 78.7 Å². The minimum atomic E-state index is -0.327. The number of imidazole rings is 1. The van der Waals surface area contributed by atoms with Gasteiger partial charge in [-0.05, 0) is 24.3 Å². The maximum atomic E-state index is 13.4. The zero-order valence-electron chi connectivity index (χ0n) is 18.0. The van der Waals surface area contributed by atoms with Gasteiger partial charge < -0.3 is 15.1 Å². The van der Waals surface area contributed by atoms with E-state index in [4.69, 9.17) is 23.2 Å². The Hall–Kier alpha value is -3.43. The standard InChI is InChI=1S/C23H20Cl2FN7O/c24-17-11-28-12-18(25)22(17)32-9-7-31(8-10-32)20(34)14-29-23-21(15-1-3-16(26)4-2-15)30-19-13-27-5-6-33(19)23/h1-6,11-13,29H,7-10,14H2. The summed E-state index contributed by atoms with van der Waals surface area (Å²) in [6.45, 7) is 2.38. The van der Waals surface area contributed by atoms with Gasteiger partial charge in [0.15, 0.2) is 5.65 Å². The average molecular weight is 500 g/mol. The Morgan fingerprint density at radius 1 is 1.00 bits per heavy atom. The minimum absolute atomic E-state index is 0.0411. The molecule has 1 aliphatic rings. The highest BCUT2D eigenvalue weighted by Gasteiger charge is 2.24. The van der Waals surface area contributed by atoms with Gasteiger partial charge in [0, 0.05) is 56.5 Å². The van der Waals surface area contributed by atoms with Gasteiger partial charge in [-0.25, -0.2) is 9.37 Å². The third-order valence-electron chi connectivity index (χ3n) is 5.73. The monoisotopic (exact) mass is 499 g/mol. The molecular formula is C23H20Cl2FN7O. The number of pyridine rings is 1. The van der Waals surface area contributed by atoms with Crippen molar-refractivity contribution in [3.05, 3.63) is 71.1 Å². The molecule has 0 unspecified atom stereocenters. The second-order valence-corrected chi connectivity index (χ2v) is 8.61. The van der Waals surface area contributed by atoms with Gasteiger partial charge in [0.2, 0.25) is 5.91 Å². The first kappa shape index (κ1) is 22.4. The number of piperazine rings is 1. The van der Waals surface area contributed by atoms with E-state index in [2.05, 4.69) is 25.2 Å². The molecule has 0 atom stereocenters. The zero-order chi connectivity index (χ0) is 23.7. The Morgan fingerprint density at radius 3 is 2.41 bits per heavy atom. The van der Waals surface area contributed by atoms with Gasteiger partial charge in [-0.3, -0.25) is 19.2 Å². The molecule has 1 saturated heterocycles. The lowest BCUT2D eigenvalue weighted by Gasteiger charge is -2.36. The van der Waals surface area contributed by atoms with Gasteiger partial charge >= 0.3 is 0 Å². The molecule has 4 aromatic rings. The summed E-state index contributed by atoms with van der Waals surface area (Å²) in [5.74, 6) is 0.277. The van der Waals surface area contributed by atoms with Crippen LogP contribution in [0.5, 0.6) is 0 Å². The summed E-state index contributed by atoms with van der Waals surface area (Å²) >= 11 is 12.6. The van der Waals surface area contributed by atoms with E-state index in [1.165, 1.54) is 12.1 Å². The number of fused-ring (bicyclic) bond motifs is 1. The second kappa shape index (κ2) is 9.44. The molecule has 8 nitrogen and oxygen atoms in total. The molecule has 0 saturated carbocycles. The zero-order valence-corrected chi connectivity index (χ0v) is 19.5. The first-order chi connectivity index (χ1) is 16.5. The van der Waals surface area contributed by atoms with Crippen molar-refractivity contribution in [3.8, 4) is 11.3 Å². The van der Waals surface area contributed by atoms with Crippen molar-refractivity contribution in [2.45, 2.75) is 0 Å². The van der Waals surface area contributed by atoms with Gasteiger partial charge in [0.1, 0.15) is 17.3 Å². The van der Waals surface area contributed by atoms with Crippen molar-refractivity contribution in [2.75, 3.05) is 42.9 Å². The van der Waals surface area contributed by atoms with Crippen LogP contribution in [0.1, 0.15) is 0 Å².